The third-order valence-corrected chi connectivity index (χ3v) is 12.7. The average Bonchev–Trinajstić information content (AvgIpc) is 1.52. The molecule has 744 valence electrons. The third-order valence-electron chi connectivity index (χ3n) is 12.7. The molecule has 4 rings (SSSR count). The van der Waals surface area contributed by atoms with Crippen LogP contribution in [0.3, 0.4) is 0 Å². The maximum absolute atomic E-state index is 11.3. The van der Waals surface area contributed by atoms with Crippen molar-refractivity contribution in [2.45, 2.75) is 508 Å². The quantitative estimate of drug-likeness (QED) is 0.0358. The fraction of sp³-hybridized carbons (Fsp3) is 0.856. The van der Waals surface area contributed by atoms with Crippen LogP contribution in [-0.4, -0.2) is 182 Å². The largest absolute Gasteiger partial charge is 0.394 e. The van der Waals surface area contributed by atoms with Gasteiger partial charge in [-0.15, -0.1) is 0 Å². The minimum Gasteiger partial charge on any atom is -0.394 e. The predicted molar refractivity (Wildman–Crippen MR) is 558 cm³/mol. The number of alkyl halides is 2. The third kappa shape index (κ3) is 203. The first kappa shape index (κ1) is 156. The molecule has 8 N–H and O–H groups in total. The van der Waals surface area contributed by atoms with Gasteiger partial charge in [-0.05, 0) is 131 Å². The van der Waals surface area contributed by atoms with E-state index < -0.39 is 6.43 Å². The zero-order valence-electron chi connectivity index (χ0n) is 92.3. The van der Waals surface area contributed by atoms with E-state index in [-0.39, 0.29) is 24.7 Å². The number of hydrogen-bond acceptors (Lipinski definition) is 15. The summed E-state index contributed by atoms with van der Waals surface area (Å²) in [6.45, 7) is 120. The molecule has 0 bridgehead atoms. The van der Waals surface area contributed by atoms with Crippen LogP contribution in [0.1, 0.15) is 427 Å². The Hall–Kier alpha value is -3.71. The van der Waals surface area contributed by atoms with Gasteiger partial charge in [0.15, 0.2) is 5.82 Å². The van der Waals surface area contributed by atoms with Crippen molar-refractivity contribution in [1.29, 1.82) is 0 Å². The average molecular weight is 1750 g/mol. The molecule has 2 aromatic heterocycles. The Morgan fingerprint density at radius 1 is 0.475 bits per heavy atom. The molecule has 1 aromatic carbocycles. The normalized spacial score (nSPS) is 10.8. The maximum Gasteiger partial charge on any atom is 0.270 e. The van der Waals surface area contributed by atoms with Crippen molar-refractivity contribution in [2.24, 2.45) is 11.3 Å². The van der Waals surface area contributed by atoms with Gasteiger partial charge < -0.3 is 56.5 Å². The first-order valence-corrected chi connectivity index (χ1v) is 48.8. The minimum absolute atomic E-state index is 0.131. The van der Waals surface area contributed by atoms with Crippen molar-refractivity contribution in [1.82, 2.24) is 56.7 Å². The maximum atomic E-state index is 11.3. The number of anilines is 1. The summed E-state index contributed by atoms with van der Waals surface area (Å²) >= 11 is 0. The van der Waals surface area contributed by atoms with Crippen molar-refractivity contribution < 1.29 is 23.1 Å². The van der Waals surface area contributed by atoms with Gasteiger partial charge in [0.05, 0.1) is 26.4 Å². The highest BCUT2D eigenvalue weighted by atomic mass is 19.3. The number of nitrogens with zero attached hydrogens (tertiary/aromatic N) is 6. The fourth-order valence-electron chi connectivity index (χ4n) is 7.14. The number of aromatic nitrogens is 2. The summed E-state index contributed by atoms with van der Waals surface area (Å²) in [6, 6.07) is 22.2. The lowest BCUT2D eigenvalue weighted by Crippen LogP contribution is -2.46. The molecule has 3 heterocycles. The number of aliphatic hydroxyl groups is 1. The van der Waals surface area contributed by atoms with Gasteiger partial charge in [-0.1, -0.05) is 370 Å². The van der Waals surface area contributed by atoms with Crippen LogP contribution in [0, 0.1) is 17.9 Å². The zero-order valence-corrected chi connectivity index (χ0v) is 92.3. The van der Waals surface area contributed by atoms with E-state index in [0.717, 1.165) is 63.7 Å². The van der Waals surface area contributed by atoms with Crippen LogP contribution in [0.25, 0.3) is 4.85 Å². The van der Waals surface area contributed by atoms with Crippen LogP contribution in [0.15, 0.2) is 71.7 Å². The number of pyridine rings is 1. The van der Waals surface area contributed by atoms with Crippen LogP contribution < -0.4 is 37.2 Å². The van der Waals surface area contributed by atoms with Crippen LogP contribution in [0.4, 0.5) is 14.6 Å². The lowest BCUT2D eigenvalue weighted by molar-refractivity contribution is 0.0238. The number of morpholine rings is 1. The highest BCUT2D eigenvalue weighted by molar-refractivity contribution is 5.31. The van der Waals surface area contributed by atoms with Crippen molar-refractivity contribution in [3.63, 3.8) is 0 Å². The van der Waals surface area contributed by atoms with E-state index in [9.17, 15) is 8.78 Å². The van der Waals surface area contributed by atoms with E-state index in [1.54, 1.807) is 12.3 Å². The number of ether oxygens (including phenoxy) is 1. The summed E-state index contributed by atoms with van der Waals surface area (Å²) in [4.78, 5) is 14.0. The van der Waals surface area contributed by atoms with E-state index in [2.05, 4.69) is 409 Å². The Kier molecular flexibility index (Phi) is 163. The van der Waals surface area contributed by atoms with E-state index in [1.165, 1.54) is 94.7 Å². The number of hydrogen-bond donors (Lipinski definition) is 8. The molecule has 1 aliphatic rings. The summed E-state index contributed by atoms with van der Waals surface area (Å²) in [5.74, 6) is 1.59. The van der Waals surface area contributed by atoms with Crippen LogP contribution in [0.5, 0.6) is 0 Å². The molecule has 3 aromatic rings. The van der Waals surface area contributed by atoms with Gasteiger partial charge in [-0.2, -0.15) is 0 Å². The van der Waals surface area contributed by atoms with Crippen molar-refractivity contribution >= 4 is 5.82 Å². The number of nitrogens with one attached hydrogen (secondary N) is 7. The van der Waals surface area contributed by atoms with E-state index >= 15 is 0 Å². The first-order valence-electron chi connectivity index (χ1n) is 48.8. The Bertz CT molecular complexity index is 2040. The standard InChI is InChI=1S/C10H15N.C9H14N2.3C8H19N.C7H15NO.C7H17NO.C6H10N2O.C6H12N2.C5H11F2N.10C3H8/c1-9(2)11-8-10-6-4-3-5-7-10;1-8(2)11-7-9-3-5-10-6-4-9;1-7(2)9-6-8(3,4)5;1-7(2)6-9(5)8(3)4;1-5-8(6-2)9-7(3)4;1-7(2)8-3-5-9-6-4-8;1-6(2)8-7(3,4)5-9;1-5(2)7-6-3-4-9-8-6;1-6(2)8(4)5-7-3;1-4(2)8-3-5(6)7;10*1-3-2/h3-7,9,11H,8H2,1-2H3;3-6,8,11H,7H2,1-2H3;7,9H,6H2,1-5H3;7-8H,6H2,1-5H3;7-9H,5-6H2,1-4H3;7H,3-6H2,1-2H3;6,8-9H,5H2,1-4H3;3-5H,1-2H3,(H,7,8);6H,5H2,1-2,4H3;4-5,8H,3H2,1-2H3;10*3H2,1-2H3. The monoisotopic (exact) mass is 1750 g/mol. The number of rotatable bonds is 26. The molecule has 0 saturated carbocycles. The molecule has 0 aliphatic carbocycles. The molecule has 122 heavy (non-hydrogen) atoms. The molecule has 1 saturated heterocycles. The van der Waals surface area contributed by atoms with Crippen molar-refractivity contribution in [3.8, 4) is 0 Å². The van der Waals surface area contributed by atoms with E-state index in [1.807, 2.05) is 70.2 Å². The zero-order chi connectivity index (χ0) is 99.5. The highest BCUT2D eigenvalue weighted by Gasteiger charge is 2.16. The second kappa shape index (κ2) is 128. The molecule has 1 fully saturated rings. The van der Waals surface area contributed by atoms with Crippen LogP contribution >= 0.6 is 0 Å². The molecular weight excluding hydrogens is 1520 g/mol. The number of halogens is 2. The first-order chi connectivity index (χ1) is 56.7. The summed E-state index contributed by atoms with van der Waals surface area (Å²) in [5, 5.41) is 34.9. The van der Waals surface area contributed by atoms with Crippen LogP contribution in [0.2, 0.25) is 0 Å². The topological polar surface area (TPSA) is 167 Å². The molecule has 1 aliphatic heterocycles. The molecule has 18 heteroatoms. The van der Waals surface area contributed by atoms with E-state index in [0.29, 0.717) is 66.5 Å². The van der Waals surface area contributed by atoms with Crippen molar-refractivity contribution in [2.75, 3.05) is 78.6 Å². The Labute approximate surface area is 769 Å². The smallest absolute Gasteiger partial charge is 0.270 e. The van der Waals surface area contributed by atoms with Gasteiger partial charge in [0.1, 0.15) is 6.26 Å². The van der Waals surface area contributed by atoms with Crippen molar-refractivity contribution in [3.05, 3.63) is 89.7 Å². The SMILES string of the molecule is CC(C)CN(C)C(C)C.CC(C)N1CCOCC1.CC(C)NC(C)(C)CO.CC(C)NCC(C)(C)C.CC(C)NCC(F)F.CC(C)NCc1ccccc1.CC(C)NCc1ccncc1.CC(C)Nc1ccon1.CCC.CCC.CCC.CCC.CCC.CCC.CCC.CCC.CCC.CCC.CCC(CC)NC(C)C.[C-]#[N+]CN(C)C(C)C. The minimum atomic E-state index is -2.22. The van der Waals surface area contributed by atoms with Crippen LogP contribution in [-0.2, 0) is 17.8 Å². The van der Waals surface area contributed by atoms with Gasteiger partial charge in [0.2, 0.25) is 0 Å². The Morgan fingerprint density at radius 3 is 1.02 bits per heavy atom. The van der Waals surface area contributed by atoms with Gasteiger partial charge >= 0.3 is 0 Å². The van der Waals surface area contributed by atoms with Gasteiger partial charge in [0, 0.05) is 130 Å². The van der Waals surface area contributed by atoms with Gasteiger partial charge in [-0.3, -0.25) is 14.7 Å². The summed E-state index contributed by atoms with van der Waals surface area (Å²) < 4.78 is 32.5. The molecule has 0 radical (unpaired) electrons. The molecule has 0 spiro atoms. The highest BCUT2D eigenvalue weighted by Crippen LogP contribution is 2.11. The summed E-state index contributed by atoms with van der Waals surface area (Å²) in [5.41, 5.74) is 2.92. The lowest BCUT2D eigenvalue weighted by atomic mass is 9.97. The second-order valence-corrected chi connectivity index (χ2v) is 35.7. The fourth-order valence-corrected chi connectivity index (χ4v) is 7.14. The Balaban J connectivity index is -0.0000000705. The molecule has 0 unspecified atom stereocenters. The van der Waals surface area contributed by atoms with Gasteiger partial charge in [0.25, 0.3) is 13.1 Å². The summed E-state index contributed by atoms with van der Waals surface area (Å²) in [7, 11) is 4.12. The second-order valence-electron chi connectivity index (χ2n) is 35.7. The summed E-state index contributed by atoms with van der Waals surface area (Å²) in [6.07, 6.45) is 17.9. The van der Waals surface area contributed by atoms with Gasteiger partial charge in [-0.25, -0.2) is 20.3 Å². The lowest BCUT2D eigenvalue weighted by Gasteiger charge is -2.29. The molecule has 16 nitrogen and oxygen atoms in total. The molecule has 0 amide bonds. The molecule has 0 atom stereocenters. The number of benzene rings is 1. The van der Waals surface area contributed by atoms with E-state index in [4.69, 9.17) is 16.4 Å². The molecular formula is C104H231F2N13O3. The Morgan fingerprint density at radius 2 is 0.828 bits per heavy atom. The number of aliphatic hydroxyl groups excluding tert-OH is 1. The predicted octanol–water partition coefficient (Wildman–Crippen LogP) is 29.5.